The molecule has 0 aliphatic heterocycles. The van der Waals surface area contributed by atoms with Crippen LogP contribution in [-0.2, 0) is 0 Å². The Kier molecular flexibility index (Phi) is 5.40. The van der Waals surface area contributed by atoms with E-state index in [0.717, 1.165) is 5.56 Å². The van der Waals surface area contributed by atoms with Crippen LogP contribution in [0, 0.1) is 5.82 Å². The van der Waals surface area contributed by atoms with Gasteiger partial charge in [0.2, 0.25) is 0 Å². The molecule has 2 aromatic carbocycles. The Morgan fingerprint density at radius 1 is 1.23 bits per heavy atom. The van der Waals surface area contributed by atoms with Crippen molar-refractivity contribution in [2.45, 2.75) is 32.4 Å². The molecule has 0 aromatic heterocycles. The molecule has 0 saturated carbocycles. The molecule has 3 N–H and O–H groups in total. The molecule has 1 unspecified atom stereocenters. The predicted octanol–water partition coefficient (Wildman–Crippen LogP) is 4.73. The maximum absolute atomic E-state index is 14.5. The van der Waals surface area contributed by atoms with E-state index in [1.807, 2.05) is 6.92 Å². The fourth-order valence-corrected chi connectivity index (χ4v) is 2.26. The van der Waals surface area contributed by atoms with Crippen molar-refractivity contribution in [2.24, 2.45) is 5.73 Å². The maximum atomic E-state index is 14.5. The first-order valence-corrected chi connectivity index (χ1v) is 7.51. The van der Waals surface area contributed by atoms with Crippen LogP contribution < -0.4 is 10.5 Å². The zero-order valence-corrected chi connectivity index (χ0v) is 13.3. The highest BCUT2D eigenvalue weighted by Crippen LogP contribution is 2.36. The molecule has 5 heteroatoms. The molecular weight excluding hydrogens is 305 g/mol. The summed E-state index contributed by atoms with van der Waals surface area (Å²) in [6, 6.07) is 9.50. The number of hydrogen-bond donors (Lipinski definition) is 2. The van der Waals surface area contributed by atoms with Gasteiger partial charge in [-0.15, -0.1) is 0 Å². The summed E-state index contributed by atoms with van der Waals surface area (Å²) < 4.78 is 20.1. The fourth-order valence-electron chi connectivity index (χ4n) is 2.08. The Hall–Kier alpha value is -1.62. The lowest BCUT2D eigenvalue weighted by Crippen LogP contribution is -2.11. The standard InChI is InChI=1S/C17H19ClFNO2/c1-3-15(20)13-8-9-14(18)17(16(13)19)22-12-6-4-11(5-7-12)10(2)21/h4-10,15,21H,3,20H2,1-2H3/t10?,15-/m1/s1. The van der Waals surface area contributed by atoms with Gasteiger partial charge in [-0.2, -0.15) is 0 Å². The van der Waals surface area contributed by atoms with E-state index in [0.29, 0.717) is 17.7 Å². The average molecular weight is 324 g/mol. The molecule has 3 nitrogen and oxygen atoms in total. The van der Waals surface area contributed by atoms with Crippen LogP contribution in [-0.4, -0.2) is 5.11 Å². The molecule has 0 aliphatic carbocycles. The van der Waals surface area contributed by atoms with Crippen LogP contribution in [0.25, 0.3) is 0 Å². The molecule has 0 heterocycles. The Morgan fingerprint density at radius 3 is 2.41 bits per heavy atom. The first-order valence-electron chi connectivity index (χ1n) is 7.13. The fraction of sp³-hybridized carbons (Fsp3) is 0.294. The van der Waals surface area contributed by atoms with Crippen molar-refractivity contribution in [2.75, 3.05) is 0 Å². The topological polar surface area (TPSA) is 55.5 Å². The van der Waals surface area contributed by atoms with Crippen molar-refractivity contribution >= 4 is 11.6 Å². The van der Waals surface area contributed by atoms with Crippen LogP contribution >= 0.6 is 11.6 Å². The lowest BCUT2D eigenvalue weighted by Gasteiger charge is -2.15. The maximum Gasteiger partial charge on any atom is 0.181 e. The van der Waals surface area contributed by atoms with Crippen LogP contribution in [0.3, 0.4) is 0 Å². The van der Waals surface area contributed by atoms with Crippen LogP contribution in [0.1, 0.15) is 43.5 Å². The van der Waals surface area contributed by atoms with Gasteiger partial charge in [0.15, 0.2) is 11.6 Å². The number of aliphatic hydroxyl groups is 1. The second-order valence-electron chi connectivity index (χ2n) is 5.14. The van der Waals surface area contributed by atoms with Crippen LogP contribution in [0.4, 0.5) is 4.39 Å². The third kappa shape index (κ3) is 3.58. The van der Waals surface area contributed by atoms with Crippen molar-refractivity contribution in [3.05, 3.63) is 58.4 Å². The number of halogens is 2. The molecule has 0 bridgehead atoms. The van der Waals surface area contributed by atoms with Crippen molar-refractivity contribution < 1.29 is 14.2 Å². The van der Waals surface area contributed by atoms with E-state index in [4.69, 9.17) is 22.1 Å². The monoisotopic (exact) mass is 323 g/mol. The first-order chi connectivity index (χ1) is 10.4. The van der Waals surface area contributed by atoms with E-state index in [2.05, 4.69) is 0 Å². The van der Waals surface area contributed by atoms with Gasteiger partial charge in [-0.25, -0.2) is 4.39 Å². The molecule has 0 amide bonds. The van der Waals surface area contributed by atoms with Gasteiger partial charge in [-0.3, -0.25) is 0 Å². The highest BCUT2D eigenvalue weighted by molar-refractivity contribution is 6.32. The lowest BCUT2D eigenvalue weighted by molar-refractivity contribution is 0.199. The molecule has 2 rings (SSSR count). The van der Waals surface area contributed by atoms with Gasteiger partial charge in [0, 0.05) is 11.6 Å². The zero-order valence-electron chi connectivity index (χ0n) is 12.5. The largest absolute Gasteiger partial charge is 0.453 e. The Balaban J connectivity index is 2.32. The first kappa shape index (κ1) is 16.7. The van der Waals surface area contributed by atoms with Gasteiger partial charge in [0.1, 0.15) is 5.75 Å². The molecule has 2 atom stereocenters. The number of rotatable bonds is 5. The van der Waals surface area contributed by atoms with Crippen LogP contribution in [0.15, 0.2) is 36.4 Å². The zero-order chi connectivity index (χ0) is 16.3. The number of aliphatic hydroxyl groups excluding tert-OH is 1. The number of nitrogens with two attached hydrogens (primary N) is 1. The molecular formula is C17H19ClFNO2. The minimum atomic E-state index is -0.569. The number of hydrogen-bond acceptors (Lipinski definition) is 3. The molecule has 0 spiro atoms. The highest BCUT2D eigenvalue weighted by atomic mass is 35.5. The summed E-state index contributed by atoms with van der Waals surface area (Å²) in [4.78, 5) is 0. The Morgan fingerprint density at radius 2 is 1.86 bits per heavy atom. The molecule has 0 fully saturated rings. The van der Waals surface area contributed by atoms with Gasteiger partial charge in [0.05, 0.1) is 11.1 Å². The molecule has 22 heavy (non-hydrogen) atoms. The molecule has 0 saturated heterocycles. The van der Waals surface area contributed by atoms with Gasteiger partial charge < -0.3 is 15.6 Å². The summed E-state index contributed by atoms with van der Waals surface area (Å²) in [5.74, 6) is -0.137. The summed E-state index contributed by atoms with van der Waals surface area (Å²) in [6.07, 6.45) is 0.0430. The van der Waals surface area contributed by atoms with Crippen molar-refractivity contribution in [3.8, 4) is 11.5 Å². The third-order valence-corrected chi connectivity index (χ3v) is 3.80. The van der Waals surface area contributed by atoms with Gasteiger partial charge in [-0.05, 0) is 37.1 Å². The van der Waals surface area contributed by atoms with E-state index in [1.165, 1.54) is 0 Å². The van der Waals surface area contributed by atoms with E-state index in [-0.39, 0.29) is 10.8 Å². The van der Waals surface area contributed by atoms with Crippen molar-refractivity contribution in [1.82, 2.24) is 0 Å². The van der Waals surface area contributed by atoms with E-state index < -0.39 is 18.0 Å². The molecule has 0 radical (unpaired) electrons. The second-order valence-corrected chi connectivity index (χ2v) is 5.55. The summed E-state index contributed by atoms with van der Waals surface area (Å²) >= 11 is 6.04. The van der Waals surface area contributed by atoms with E-state index in [1.54, 1.807) is 43.3 Å². The quantitative estimate of drug-likeness (QED) is 0.836. The second kappa shape index (κ2) is 7.09. The number of ether oxygens (including phenoxy) is 1. The lowest BCUT2D eigenvalue weighted by atomic mass is 10.0. The van der Waals surface area contributed by atoms with Crippen LogP contribution in [0.2, 0.25) is 5.02 Å². The predicted molar refractivity (Wildman–Crippen MR) is 85.8 cm³/mol. The van der Waals surface area contributed by atoms with Gasteiger partial charge in [0.25, 0.3) is 0 Å². The summed E-state index contributed by atoms with van der Waals surface area (Å²) in [5, 5.41) is 9.67. The minimum absolute atomic E-state index is 0.0344. The van der Waals surface area contributed by atoms with E-state index in [9.17, 15) is 9.50 Å². The van der Waals surface area contributed by atoms with Crippen LogP contribution in [0.5, 0.6) is 11.5 Å². The Bertz CT molecular complexity index is 644. The van der Waals surface area contributed by atoms with Gasteiger partial charge in [-0.1, -0.05) is 36.7 Å². The highest BCUT2D eigenvalue weighted by Gasteiger charge is 2.18. The Labute approximate surface area is 134 Å². The molecule has 2 aromatic rings. The summed E-state index contributed by atoms with van der Waals surface area (Å²) in [7, 11) is 0. The normalized spacial score (nSPS) is 13.7. The smallest absolute Gasteiger partial charge is 0.181 e. The van der Waals surface area contributed by atoms with Crippen molar-refractivity contribution in [3.63, 3.8) is 0 Å². The number of benzene rings is 2. The third-order valence-electron chi connectivity index (χ3n) is 3.50. The van der Waals surface area contributed by atoms with E-state index >= 15 is 0 Å². The van der Waals surface area contributed by atoms with Gasteiger partial charge >= 0.3 is 0 Å². The molecule has 0 aliphatic rings. The minimum Gasteiger partial charge on any atom is -0.453 e. The summed E-state index contributed by atoms with van der Waals surface area (Å²) in [6.45, 7) is 3.55. The summed E-state index contributed by atoms with van der Waals surface area (Å²) in [5.41, 5.74) is 7.02. The SMILES string of the molecule is CC[C@@H](N)c1ccc(Cl)c(Oc2ccc(C(C)O)cc2)c1F. The molecule has 118 valence electrons. The average Bonchev–Trinajstić information content (AvgIpc) is 2.51. The van der Waals surface area contributed by atoms with Crippen molar-refractivity contribution in [1.29, 1.82) is 0 Å².